The monoisotopic (exact) mass is 181 g/mol. The number of aryl methyl sites for hydroxylation is 1. The van der Waals surface area contributed by atoms with E-state index in [9.17, 15) is 0 Å². The molecule has 0 aromatic carbocycles. The van der Waals surface area contributed by atoms with Gasteiger partial charge in [0.15, 0.2) is 0 Å². The van der Waals surface area contributed by atoms with Gasteiger partial charge in [0.2, 0.25) is 0 Å². The number of hydrogen-bond donors (Lipinski definition) is 1. The van der Waals surface area contributed by atoms with E-state index in [4.69, 9.17) is 5.73 Å². The highest BCUT2D eigenvalue weighted by Crippen LogP contribution is 2.28. The van der Waals surface area contributed by atoms with Crippen molar-refractivity contribution in [1.29, 1.82) is 0 Å². The Bertz CT molecular complexity index is 286. The van der Waals surface area contributed by atoms with Crippen LogP contribution in [0.15, 0.2) is 6.20 Å². The highest BCUT2D eigenvalue weighted by atomic mass is 15.3. The summed E-state index contributed by atoms with van der Waals surface area (Å²) in [4.78, 5) is 0. The Kier molecular flexibility index (Phi) is 2.76. The lowest BCUT2D eigenvalue weighted by Crippen LogP contribution is -2.22. The van der Waals surface area contributed by atoms with Gasteiger partial charge in [-0.15, -0.1) is 0 Å². The molecule has 3 nitrogen and oxygen atoms in total. The van der Waals surface area contributed by atoms with Crippen molar-refractivity contribution < 1.29 is 0 Å². The van der Waals surface area contributed by atoms with Crippen molar-refractivity contribution in [1.82, 2.24) is 9.78 Å². The summed E-state index contributed by atoms with van der Waals surface area (Å²) in [5, 5.41) is 4.24. The second kappa shape index (κ2) is 3.50. The highest BCUT2D eigenvalue weighted by molar-refractivity contribution is 5.25. The lowest BCUT2D eigenvalue weighted by atomic mass is 9.82. The maximum absolute atomic E-state index is 5.58. The molecule has 0 aliphatic rings. The van der Waals surface area contributed by atoms with Crippen molar-refractivity contribution in [2.24, 2.45) is 12.8 Å². The molecule has 0 bridgehead atoms. The molecule has 1 rings (SSSR count). The number of aromatic nitrogens is 2. The Morgan fingerprint density at radius 2 is 2.15 bits per heavy atom. The molecule has 0 amide bonds. The van der Waals surface area contributed by atoms with Crippen LogP contribution in [0.5, 0.6) is 0 Å². The van der Waals surface area contributed by atoms with E-state index in [1.165, 1.54) is 11.3 Å². The van der Waals surface area contributed by atoms with Crippen LogP contribution in [0.3, 0.4) is 0 Å². The molecule has 3 heteroatoms. The molecule has 0 fully saturated rings. The van der Waals surface area contributed by atoms with Gasteiger partial charge in [-0.2, -0.15) is 5.10 Å². The first-order valence-corrected chi connectivity index (χ1v) is 4.68. The number of hydrogen-bond acceptors (Lipinski definition) is 2. The Morgan fingerprint density at radius 3 is 2.54 bits per heavy atom. The van der Waals surface area contributed by atoms with Crippen molar-refractivity contribution in [2.45, 2.75) is 32.6 Å². The maximum atomic E-state index is 5.58. The molecule has 0 spiro atoms. The van der Waals surface area contributed by atoms with Crippen molar-refractivity contribution in [3.8, 4) is 0 Å². The van der Waals surface area contributed by atoms with Gasteiger partial charge in [-0.1, -0.05) is 13.8 Å². The lowest BCUT2D eigenvalue weighted by molar-refractivity contribution is 0.484. The van der Waals surface area contributed by atoms with Gasteiger partial charge in [0, 0.05) is 12.7 Å². The van der Waals surface area contributed by atoms with Crippen LogP contribution < -0.4 is 5.73 Å². The Balaban J connectivity index is 2.99. The van der Waals surface area contributed by atoms with Gasteiger partial charge in [-0.25, -0.2) is 0 Å². The van der Waals surface area contributed by atoms with Gasteiger partial charge in [-0.3, -0.25) is 4.68 Å². The largest absolute Gasteiger partial charge is 0.330 e. The van der Waals surface area contributed by atoms with Crippen LogP contribution in [-0.2, 0) is 12.5 Å². The van der Waals surface area contributed by atoms with E-state index < -0.39 is 0 Å². The first-order valence-electron chi connectivity index (χ1n) is 4.68. The van der Waals surface area contributed by atoms with Crippen LogP contribution in [-0.4, -0.2) is 16.3 Å². The first kappa shape index (κ1) is 10.3. The molecule has 74 valence electrons. The quantitative estimate of drug-likeness (QED) is 0.765. The number of nitrogens with zero attached hydrogens (tertiary/aromatic N) is 2. The van der Waals surface area contributed by atoms with Crippen LogP contribution >= 0.6 is 0 Å². The molecule has 1 heterocycles. The molecule has 0 aliphatic heterocycles. The number of nitrogens with two attached hydrogens (primary N) is 1. The zero-order valence-corrected chi connectivity index (χ0v) is 8.96. The van der Waals surface area contributed by atoms with Gasteiger partial charge < -0.3 is 5.73 Å². The molecule has 13 heavy (non-hydrogen) atoms. The van der Waals surface area contributed by atoms with Crippen LogP contribution in [0, 0.1) is 6.92 Å². The van der Waals surface area contributed by atoms with E-state index in [0.29, 0.717) is 0 Å². The summed E-state index contributed by atoms with van der Waals surface area (Å²) in [6, 6.07) is 0. The second-order valence-electron chi connectivity index (χ2n) is 4.19. The minimum Gasteiger partial charge on any atom is -0.330 e. The van der Waals surface area contributed by atoms with Crippen LogP contribution in [0.2, 0.25) is 0 Å². The molecule has 1 aromatic rings. The average molecular weight is 181 g/mol. The fourth-order valence-corrected chi connectivity index (χ4v) is 1.66. The van der Waals surface area contributed by atoms with E-state index in [1.54, 1.807) is 0 Å². The van der Waals surface area contributed by atoms with E-state index in [2.05, 4.69) is 25.9 Å². The molecule has 0 aliphatic carbocycles. The summed E-state index contributed by atoms with van der Waals surface area (Å²) in [6.07, 6.45) is 2.95. The zero-order chi connectivity index (χ0) is 10.1. The highest BCUT2D eigenvalue weighted by Gasteiger charge is 2.23. The fraction of sp³-hybridized carbons (Fsp3) is 0.700. The summed E-state index contributed by atoms with van der Waals surface area (Å²) >= 11 is 0. The summed E-state index contributed by atoms with van der Waals surface area (Å²) in [5.41, 5.74) is 8.27. The Hall–Kier alpha value is -0.830. The normalized spacial score (nSPS) is 12.1. The smallest absolute Gasteiger partial charge is 0.0529 e. The molecular weight excluding hydrogens is 162 g/mol. The molecule has 2 N–H and O–H groups in total. The lowest BCUT2D eigenvalue weighted by Gasteiger charge is -2.23. The molecule has 0 saturated heterocycles. The van der Waals surface area contributed by atoms with Crippen molar-refractivity contribution >= 4 is 0 Å². The number of rotatable bonds is 3. The minimum absolute atomic E-state index is 0.146. The SMILES string of the molecule is Cc1c(C(C)(C)CCN)cnn1C. The third-order valence-corrected chi connectivity index (χ3v) is 2.73. The van der Waals surface area contributed by atoms with Gasteiger partial charge in [0.05, 0.1) is 6.20 Å². The van der Waals surface area contributed by atoms with Gasteiger partial charge in [0.25, 0.3) is 0 Å². The summed E-state index contributed by atoms with van der Waals surface area (Å²) in [6.45, 7) is 7.25. The Morgan fingerprint density at radius 1 is 1.54 bits per heavy atom. The van der Waals surface area contributed by atoms with Crippen molar-refractivity contribution in [3.63, 3.8) is 0 Å². The molecule has 0 radical (unpaired) electrons. The predicted octanol–water partition coefficient (Wildman–Crippen LogP) is 1.35. The molecular formula is C10H19N3. The molecule has 0 saturated carbocycles. The zero-order valence-electron chi connectivity index (χ0n) is 8.96. The standard InChI is InChI=1S/C10H19N3/c1-8-9(7-12-13(8)4)10(2,3)5-6-11/h7H,5-6,11H2,1-4H3. The van der Waals surface area contributed by atoms with E-state index in [1.807, 2.05) is 17.9 Å². The first-order chi connectivity index (χ1) is 5.99. The molecule has 0 unspecified atom stereocenters. The van der Waals surface area contributed by atoms with E-state index >= 15 is 0 Å². The van der Waals surface area contributed by atoms with Crippen LogP contribution in [0.25, 0.3) is 0 Å². The predicted molar refractivity (Wildman–Crippen MR) is 54.6 cm³/mol. The molecule has 0 atom stereocenters. The summed E-state index contributed by atoms with van der Waals surface area (Å²) in [7, 11) is 1.97. The van der Waals surface area contributed by atoms with Crippen molar-refractivity contribution in [3.05, 3.63) is 17.5 Å². The maximum Gasteiger partial charge on any atom is 0.0529 e. The fourth-order valence-electron chi connectivity index (χ4n) is 1.66. The summed E-state index contributed by atoms with van der Waals surface area (Å²) < 4.78 is 1.91. The third kappa shape index (κ3) is 1.91. The van der Waals surface area contributed by atoms with Crippen LogP contribution in [0.1, 0.15) is 31.5 Å². The van der Waals surface area contributed by atoms with Crippen LogP contribution in [0.4, 0.5) is 0 Å². The average Bonchev–Trinajstić information content (AvgIpc) is 2.33. The topological polar surface area (TPSA) is 43.8 Å². The van der Waals surface area contributed by atoms with Crippen molar-refractivity contribution in [2.75, 3.05) is 6.54 Å². The second-order valence-corrected chi connectivity index (χ2v) is 4.19. The van der Waals surface area contributed by atoms with E-state index in [0.717, 1.165) is 13.0 Å². The van der Waals surface area contributed by atoms with E-state index in [-0.39, 0.29) is 5.41 Å². The molecule has 1 aromatic heterocycles. The summed E-state index contributed by atoms with van der Waals surface area (Å²) in [5.74, 6) is 0. The Labute approximate surface area is 79.9 Å². The van der Waals surface area contributed by atoms with Gasteiger partial charge >= 0.3 is 0 Å². The van der Waals surface area contributed by atoms with Gasteiger partial charge in [0.1, 0.15) is 0 Å². The van der Waals surface area contributed by atoms with Gasteiger partial charge in [-0.05, 0) is 30.9 Å². The third-order valence-electron chi connectivity index (χ3n) is 2.73. The minimum atomic E-state index is 0.146.